The molecule has 0 bridgehead atoms. The van der Waals surface area contributed by atoms with Crippen LogP contribution in [-0.4, -0.2) is 55.5 Å². The predicted octanol–water partition coefficient (Wildman–Crippen LogP) is 2.23. The lowest BCUT2D eigenvalue weighted by Crippen LogP contribution is -2.47. The summed E-state index contributed by atoms with van der Waals surface area (Å²) < 4.78 is 0. The molecule has 4 heteroatoms. The molecule has 0 unspecified atom stereocenters. The molecule has 0 aromatic heterocycles. The lowest BCUT2D eigenvalue weighted by Gasteiger charge is -2.42. The molecular formula is C14H26N4. The normalized spacial score (nSPS) is 17.5. The molecule has 0 saturated carbocycles. The zero-order chi connectivity index (χ0) is 13.7. The molecule has 0 aromatic carbocycles. The van der Waals surface area contributed by atoms with Gasteiger partial charge in [0.2, 0.25) is 0 Å². The second kappa shape index (κ2) is 6.69. The molecule has 1 heterocycles. The maximum absolute atomic E-state index is 7.66. The maximum atomic E-state index is 7.66. The van der Waals surface area contributed by atoms with E-state index in [2.05, 4.69) is 35.5 Å². The van der Waals surface area contributed by atoms with Crippen LogP contribution in [0.2, 0.25) is 0 Å². The molecular weight excluding hydrogens is 224 g/mol. The van der Waals surface area contributed by atoms with E-state index in [1.807, 2.05) is 6.92 Å². The third kappa shape index (κ3) is 3.67. The van der Waals surface area contributed by atoms with Gasteiger partial charge in [-0.3, -0.25) is 0 Å². The van der Waals surface area contributed by atoms with E-state index in [-0.39, 0.29) is 0 Å². The van der Waals surface area contributed by atoms with Gasteiger partial charge in [0, 0.05) is 24.4 Å². The monoisotopic (exact) mass is 250 g/mol. The SMILES string of the molecule is C=N/C(=C(/C)C(C)=N)N1CC(CCN(C)CC)C1. The Morgan fingerprint density at radius 1 is 1.44 bits per heavy atom. The maximum Gasteiger partial charge on any atom is 0.132 e. The summed E-state index contributed by atoms with van der Waals surface area (Å²) in [5.41, 5.74) is 1.51. The molecule has 0 spiro atoms. The number of hydrogen-bond donors (Lipinski definition) is 1. The molecule has 0 aromatic rings. The van der Waals surface area contributed by atoms with Crippen molar-refractivity contribution >= 4 is 12.4 Å². The summed E-state index contributed by atoms with van der Waals surface area (Å²) in [5, 5.41) is 7.66. The largest absolute Gasteiger partial charge is 0.356 e. The van der Waals surface area contributed by atoms with Crippen LogP contribution in [0.25, 0.3) is 0 Å². The minimum absolute atomic E-state index is 0.576. The number of aliphatic imine (C=N–C) groups is 1. The minimum atomic E-state index is 0.576. The van der Waals surface area contributed by atoms with Gasteiger partial charge in [-0.05, 0) is 53.0 Å². The van der Waals surface area contributed by atoms with E-state index in [1.54, 1.807) is 6.92 Å². The van der Waals surface area contributed by atoms with Crippen LogP contribution in [0.15, 0.2) is 16.4 Å². The average molecular weight is 250 g/mol. The first-order valence-corrected chi connectivity index (χ1v) is 6.66. The van der Waals surface area contributed by atoms with Crippen LogP contribution in [-0.2, 0) is 0 Å². The van der Waals surface area contributed by atoms with Crippen molar-refractivity contribution in [3.05, 3.63) is 11.4 Å². The fourth-order valence-electron chi connectivity index (χ4n) is 2.11. The molecule has 18 heavy (non-hydrogen) atoms. The summed E-state index contributed by atoms with van der Waals surface area (Å²) in [7, 11) is 2.16. The highest BCUT2D eigenvalue weighted by atomic mass is 15.3. The summed E-state index contributed by atoms with van der Waals surface area (Å²) in [6.07, 6.45) is 1.24. The Labute approximate surface area is 111 Å². The number of nitrogens with one attached hydrogen (secondary N) is 1. The van der Waals surface area contributed by atoms with Gasteiger partial charge in [-0.25, -0.2) is 4.99 Å². The van der Waals surface area contributed by atoms with Gasteiger partial charge in [-0.2, -0.15) is 0 Å². The van der Waals surface area contributed by atoms with Gasteiger partial charge < -0.3 is 15.2 Å². The number of nitrogens with zero attached hydrogens (tertiary/aromatic N) is 3. The summed E-state index contributed by atoms with van der Waals surface area (Å²) in [4.78, 5) is 8.66. The number of hydrogen-bond acceptors (Lipinski definition) is 4. The Hall–Kier alpha value is -1.16. The molecule has 1 N–H and O–H groups in total. The lowest BCUT2D eigenvalue weighted by atomic mass is 9.95. The first-order valence-electron chi connectivity index (χ1n) is 6.66. The number of rotatable bonds is 7. The molecule has 4 nitrogen and oxygen atoms in total. The second-order valence-electron chi connectivity index (χ2n) is 5.19. The predicted molar refractivity (Wildman–Crippen MR) is 78.5 cm³/mol. The highest BCUT2D eigenvalue weighted by Gasteiger charge is 2.28. The molecule has 0 radical (unpaired) electrons. The van der Waals surface area contributed by atoms with Crippen LogP contribution >= 0.6 is 0 Å². The van der Waals surface area contributed by atoms with E-state index in [4.69, 9.17) is 5.41 Å². The van der Waals surface area contributed by atoms with Gasteiger partial charge in [0.25, 0.3) is 0 Å². The van der Waals surface area contributed by atoms with Crippen molar-refractivity contribution < 1.29 is 0 Å². The van der Waals surface area contributed by atoms with E-state index >= 15 is 0 Å². The van der Waals surface area contributed by atoms with Gasteiger partial charge in [-0.1, -0.05) is 6.92 Å². The first kappa shape index (κ1) is 14.9. The van der Waals surface area contributed by atoms with Crippen molar-refractivity contribution in [3.8, 4) is 0 Å². The van der Waals surface area contributed by atoms with Crippen LogP contribution < -0.4 is 0 Å². The van der Waals surface area contributed by atoms with E-state index < -0.39 is 0 Å². The summed E-state index contributed by atoms with van der Waals surface area (Å²) in [5.74, 6) is 1.65. The van der Waals surface area contributed by atoms with Crippen LogP contribution in [0.1, 0.15) is 27.2 Å². The second-order valence-corrected chi connectivity index (χ2v) is 5.19. The molecule has 1 aliphatic rings. The van der Waals surface area contributed by atoms with Gasteiger partial charge >= 0.3 is 0 Å². The van der Waals surface area contributed by atoms with Gasteiger partial charge in [0.1, 0.15) is 5.82 Å². The summed E-state index contributed by atoms with van der Waals surface area (Å²) in [6, 6.07) is 0. The summed E-state index contributed by atoms with van der Waals surface area (Å²) >= 11 is 0. The van der Waals surface area contributed by atoms with E-state index in [1.165, 1.54) is 6.42 Å². The Kier molecular flexibility index (Phi) is 5.54. The van der Waals surface area contributed by atoms with Crippen LogP contribution in [0.3, 0.4) is 0 Å². The standard InChI is InChI=1S/C14H26N4/c1-6-17(5)8-7-13-9-18(10-13)14(16-4)11(2)12(3)15/h13,15H,4,6-10H2,1-3,5H3/b14-11+,15-12?. The van der Waals surface area contributed by atoms with Gasteiger partial charge in [-0.15, -0.1) is 0 Å². The average Bonchev–Trinajstić information content (AvgIpc) is 2.30. The van der Waals surface area contributed by atoms with Crippen molar-refractivity contribution in [3.63, 3.8) is 0 Å². The van der Waals surface area contributed by atoms with Crippen LogP contribution in [0.4, 0.5) is 0 Å². The van der Waals surface area contributed by atoms with E-state index in [9.17, 15) is 0 Å². The fraction of sp³-hybridized carbons (Fsp3) is 0.714. The van der Waals surface area contributed by atoms with E-state index in [0.29, 0.717) is 5.71 Å². The van der Waals surface area contributed by atoms with Crippen LogP contribution in [0.5, 0.6) is 0 Å². The summed E-state index contributed by atoms with van der Waals surface area (Å²) in [6.45, 7) is 13.9. The Morgan fingerprint density at radius 2 is 2.06 bits per heavy atom. The van der Waals surface area contributed by atoms with Gasteiger partial charge in [0.05, 0.1) is 0 Å². The lowest BCUT2D eigenvalue weighted by molar-refractivity contribution is 0.122. The minimum Gasteiger partial charge on any atom is -0.356 e. The quantitative estimate of drug-likeness (QED) is 0.704. The zero-order valence-corrected chi connectivity index (χ0v) is 12.2. The van der Waals surface area contributed by atoms with Crippen molar-refractivity contribution in [1.29, 1.82) is 5.41 Å². The third-order valence-corrected chi connectivity index (χ3v) is 3.76. The Morgan fingerprint density at radius 3 is 2.50 bits per heavy atom. The first-order chi connectivity index (χ1) is 8.49. The number of likely N-dealkylation sites (tertiary alicyclic amines) is 1. The van der Waals surface area contributed by atoms with Crippen molar-refractivity contribution in [2.45, 2.75) is 27.2 Å². The molecule has 0 atom stereocenters. The third-order valence-electron chi connectivity index (χ3n) is 3.76. The molecule has 1 aliphatic heterocycles. The van der Waals surface area contributed by atoms with Crippen LogP contribution in [0, 0.1) is 11.3 Å². The molecule has 1 saturated heterocycles. The Balaban J connectivity index is 2.43. The Bertz CT molecular complexity index is 340. The zero-order valence-electron chi connectivity index (χ0n) is 12.2. The van der Waals surface area contributed by atoms with Crippen molar-refractivity contribution in [2.75, 3.05) is 33.2 Å². The molecule has 1 rings (SSSR count). The molecule has 102 valence electrons. The topological polar surface area (TPSA) is 42.7 Å². The van der Waals surface area contributed by atoms with E-state index in [0.717, 1.165) is 43.5 Å². The highest BCUT2D eigenvalue weighted by Crippen LogP contribution is 2.26. The van der Waals surface area contributed by atoms with Gasteiger partial charge in [0.15, 0.2) is 0 Å². The molecule has 0 amide bonds. The smallest absolute Gasteiger partial charge is 0.132 e. The van der Waals surface area contributed by atoms with Crippen molar-refractivity contribution in [1.82, 2.24) is 9.80 Å². The molecule has 0 aliphatic carbocycles. The van der Waals surface area contributed by atoms with Crippen molar-refractivity contribution in [2.24, 2.45) is 10.9 Å². The molecule has 1 fully saturated rings. The fourth-order valence-corrected chi connectivity index (χ4v) is 2.11. The highest BCUT2D eigenvalue weighted by molar-refractivity contribution is 5.95. The number of allylic oxidation sites excluding steroid dienone is 1.